The Labute approximate surface area is 115 Å². The van der Waals surface area contributed by atoms with Crippen LogP contribution in [0.4, 0.5) is 5.82 Å². The molecule has 1 aliphatic rings. The summed E-state index contributed by atoms with van der Waals surface area (Å²) in [5.41, 5.74) is 11.0. The zero-order valence-electron chi connectivity index (χ0n) is 10.9. The second-order valence-electron chi connectivity index (χ2n) is 4.33. The van der Waals surface area contributed by atoms with Gasteiger partial charge in [-0.05, 0) is 29.7 Å². The van der Waals surface area contributed by atoms with Crippen molar-refractivity contribution in [3.05, 3.63) is 52.0 Å². The summed E-state index contributed by atoms with van der Waals surface area (Å²) in [5.74, 6) is 0.406. The van der Waals surface area contributed by atoms with Crippen molar-refractivity contribution in [3.63, 3.8) is 0 Å². The molecule has 102 valence electrons. The van der Waals surface area contributed by atoms with E-state index in [1.54, 1.807) is 4.68 Å². The third kappa shape index (κ3) is 2.14. The number of aromatic nitrogens is 2. The minimum Gasteiger partial charge on any atom is -0.346 e. The quantitative estimate of drug-likeness (QED) is 0.488. The number of rotatable bonds is 3. The molecule has 0 aliphatic carbocycles. The summed E-state index contributed by atoms with van der Waals surface area (Å²) in [6.07, 6.45) is -0.520. The fourth-order valence-corrected chi connectivity index (χ4v) is 2.22. The molecule has 1 fully saturated rings. The second-order valence-corrected chi connectivity index (χ2v) is 4.33. The first-order chi connectivity index (χ1) is 9.81. The number of ether oxygens (including phenoxy) is 2. The molecule has 1 aliphatic heterocycles. The number of para-hydroxylation sites is 1. The van der Waals surface area contributed by atoms with E-state index in [-0.39, 0.29) is 0 Å². The molecular formula is C13H13N5O2. The number of hydrogen-bond donors (Lipinski definition) is 0. The maximum Gasteiger partial charge on any atom is 0.187 e. The lowest BCUT2D eigenvalue weighted by Gasteiger charge is -2.09. The molecule has 3 rings (SSSR count). The minimum atomic E-state index is -0.520. The van der Waals surface area contributed by atoms with Crippen LogP contribution in [-0.2, 0) is 9.47 Å². The van der Waals surface area contributed by atoms with Crippen LogP contribution >= 0.6 is 0 Å². The summed E-state index contributed by atoms with van der Waals surface area (Å²) in [6, 6.07) is 9.49. The van der Waals surface area contributed by atoms with Gasteiger partial charge in [-0.3, -0.25) is 0 Å². The molecule has 2 aromatic rings. The summed E-state index contributed by atoms with van der Waals surface area (Å²) < 4.78 is 12.6. The normalized spacial score (nSPS) is 15.2. The van der Waals surface area contributed by atoms with Gasteiger partial charge >= 0.3 is 0 Å². The van der Waals surface area contributed by atoms with Gasteiger partial charge in [0.1, 0.15) is 5.82 Å². The van der Waals surface area contributed by atoms with E-state index in [1.807, 2.05) is 37.3 Å². The fraction of sp³-hybridized carbons (Fsp3) is 0.308. The molecule has 7 nitrogen and oxygen atoms in total. The van der Waals surface area contributed by atoms with Crippen LogP contribution in [-0.4, -0.2) is 23.0 Å². The molecule has 0 amide bonds. The van der Waals surface area contributed by atoms with Crippen molar-refractivity contribution in [3.8, 4) is 5.69 Å². The van der Waals surface area contributed by atoms with E-state index in [0.717, 1.165) is 11.4 Å². The Morgan fingerprint density at radius 1 is 1.30 bits per heavy atom. The van der Waals surface area contributed by atoms with E-state index in [0.29, 0.717) is 24.6 Å². The lowest BCUT2D eigenvalue weighted by molar-refractivity contribution is -0.0440. The Morgan fingerprint density at radius 3 is 2.65 bits per heavy atom. The monoisotopic (exact) mass is 271 g/mol. The van der Waals surface area contributed by atoms with Crippen molar-refractivity contribution < 1.29 is 9.47 Å². The highest BCUT2D eigenvalue weighted by Crippen LogP contribution is 2.35. The highest BCUT2D eigenvalue weighted by Gasteiger charge is 2.27. The predicted molar refractivity (Wildman–Crippen MR) is 71.8 cm³/mol. The number of hydrogen-bond acceptors (Lipinski definition) is 4. The smallest absolute Gasteiger partial charge is 0.187 e. The zero-order valence-corrected chi connectivity index (χ0v) is 10.9. The number of aryl methyl sites for hydroxylation is 1. The molecule has 1 saturated heterocycles. The summed E-state index contributed by atoms with van der Waals surface area (Å²) in [5, 5.41) is 8.21. The number of benzene rings is 1. The Balaban J connectivity index is 2.16. The molecule has 2 heterocycles. The molecule has 0 saturated carbocycles. The van der Waals surface area contributed by atoms with Gasteiger partial charge in [-0.2, -0.15) is 5.10 Å². The van der Waals surface area contributed by atoms with Crippen LogP contribution in [0.15, 0.2) is 35.4 Å². The zero-order chi connectivity index (χ0) is 13.9. The molecule has 7 heteroatoms. The fourth-order valence-electron chi connectivity index (χ4n) is 2.22. The first-order valence-corrected chi connectivity index (χ1v) is 6.24. The van der Waals surface area contributed by atoms with E-state index in [1.165, 1.54) is 0 Å². The van der Waals surface area contributed by atoms with Gasteiger partial charge in [0.25, 0.3) is 0 Å². The van der Waals surface area contributed by atoms with Gasteiger partial charge < -0.3 is 9.47 Å². The summed E-state index contributed by atoms with van der Waals surface area (Å²) in [6.45, 7) is 2.89. The third-order valence-electron chi connectivity index (χ3n) is 3.08. The summed E-state index contributed by atoms with van der Waals surface area (Å²) in [7, 11) is 0. The number of azide groups is 1. The van der Waals surface area contributed by atoms with Crippen molar-refractivity contribution in [2.45, 2.75) is 13.2 Å². The maximum absolute atomic E-state index is 8.80. The van der Waals surface area contributed by atoms with E-state index < -0.39 is 6.29 Å². The topological polar surface area (TPSA) is 85.0 Å². The lowest BCUT2D eigenvalue weighted by Crippen LogP contribution is -1.99. The molecule has 0 atom stereocenters. The maximum atomic E-state index is 8.80. The Bertz CT molecular complexity index is 655. The van der Waals surface area contributed by atoms with Gasteiger partial charge in [-0.1, -0.05) is 18.2 Å². The molecular weight excluding hydrogens is 258 g/mol. The molecule has 0 radical (unpaired) electrons. The van der Waals surface area contributed by atoms with E-state index in [2.05, 4.69) is 15.1 Å². The molecule has 0 bridgehead atoms. The summed E-state index contributed by atoms with van der Waals surface area (Å²) >= 11 is 0. The van der Waals surface area contributed by atoms with Crippen LogP contribution in [0.3, 0.4) is 0 Å². The van der Waals surface area contributed by atoms with Gasteiger partial charge in [0.15, 0.2) is 6.29 Å². The predicted octanol–water partition coefficient (Wildman–Crippen LogP) is 3.17. The average molecular weight is 271 g/mol. The van der Waals surface area contributed by atoms with Crippen LogP contribution in [0.5, 0.6) is 0 Å². The highest BCUT2D eigenvalue weighted by molar-refractivity contribution is 5.50. The molecule has 0 unspecified atom stereocenters. The van der Waals surface area contributed by atoms with Crippen molar-refractivity contribution in [1.82, 2.24) is 9.78 Å². The third-order valence-corrected chi connectivity index (χ3v) is 3.08. The average Bonchev–Trinajstić information content (AvgIpc) is 3.08. The van der Waals surface area contributed by atoms with Crippen molar-refractivity contribution in [2.24, 2.45) is 5.11 Å². The van der Waals surface area contributed by atoms with E-state index >= 15 is 0 Å². The van der Waals surface area contributed by atoms with E-state index in [4.69, 9.17) is 15.0 Å². The minimum absolute atomic E-state index is 0.406. The van der Waals surface area contributed by atoms with Crippen LogP contribution in [0, 0.1) is 6.92 Å². The molecule has 0 spiro atoms. The molecule has 20 heavy (non-hydrogen) atoms. The Hall–Kier alpha value is -2.34. The molecule has 1 aromatic carbocycles. The first-order valence-electron chi connectivity index (χ1n) is 6.24. The van der Waals surface area contributed by atoms with Crippen molar-refractivity contribution in [2.75, 3.05) is 13.2 Å². The van der Waals surface area contributed by atoms with Crippen LogP contribution in [0.1, 0.15) is 17.5 Å². The van der Waals surface area contributed by atoms with Gasteiger partial charge in [-0.15, -0.1) is 0 Å². The van der Waals surface area contributed by atoms with Crippen LogP contribution in [0.2, 0.25) is 0 Å². The standard InChI is InChI=1S/C13H13N5O2/c1-9-11(13-19-7-8-20-13)12(15-17-14)18(16-9)10-5-3-2-4-6-10/h2-6,13H,7-8H2,1H3. The van der Waals surface area contributed by atoms with Gasteiger partial charge in [0.2, 0.25) is 0 Å². The molecule has 0 N–H and O–H groups in total. The van der Waals surface area contributed by atoms with Crippen LogP contribution < -0.4 is 0 Å². The van der Waals surface area contributed by atoms with Crippen molar-refractivity contribution in [1.29, 1.82) is 0 Å². The Kier molecular flexibility index (Phi) is 3.39. The first kappa shape index (κ1) is 12.7. The SMILES string of the molecule is Cc1nn(-c2ccccc2)c(N=[N+]=[N-])c1C1OCCO1. The van der Waals surface area contributed by atoms with Crippen molar-refractivity contribution >= 4 is 5.82 Å². The highest BCUT2D eigenvalue weighted by atomic mass is 16.7. The van der Waals surface area contributed by atoms with E-state index in [9.17, 15) is 0 Å². The molecule has 1 aromatic heterocycles. The summed E-state index contributed by atoms with van der Waals surface area (Å²) in [4.78, 5) is 2.89. The number of nitrogens with zero attached hydrogens (tertiary/aromatic N) is 5. The van der Waals surface area contributed by atoms with Gasteiger partial charge in [0, 0.05) is 4.91 Å². The second kappa shape index (κ2) is 5.34. The van der Waals surface area contributed by atoms with Gasteiger partial charge in [0.05, 0.1) is 30.2 Å². The Morgan fingerprint density at radius 2 is 2.00 bits per heavy atom. The van der Waals surface area contributed by atoms with Crippen LogP contribution in [0.25, 0.3) is 16.1 Å². The largest absolute Gasteiger partial charge is 0.346 e. The van der Waals surface area contributed by atoms with Gasteiger partial charge in [-0.25, -0.2) is 4.68 Å². The lowest BCUT2D eigenvalue weighted by atomic mass is 10.2.